The van der Waals surface area contributed by atoms with Crippen LogP contribution in [-0.2, 0) is 11.3 Å². The van der Waals surface area contributed by atoms with Gasteiger partial charge in [0.05, 0.1) is 0 Å². The number of alkyl carbamates (subject to hydrolysis) is 1. The van der Waals surface area contributed by atoms with Gasteiger partial charge in [-0.1, -0.05) is 40.2 Å². The van der Waals surface area contributed by atoms with Gasteiger partial charge in [-0.2, -0.15) is 0 Å². The van der Waals surface area contributed by atoms with Gasteiger partial charge in [-0.15, -0.1) is 0 Å². The third kappa shape index (κ3) is 7.47. The quantitative estimate of drug-likeness (QED) is 0.454. The smallest absolute Gasteiger partial charge is 0.407 e. The van der Waals surface area contributed by atoms with Crippen molar-refractivity contribution in [2.75, 3.05) is 0 Å². The Balaban J connectivity index is 1.17. The zero-order chi connectivity index (χ0) is 23.4. The maximum Gasteiger partial charge on any atom is 0.407 e. The molecule has 1 amide bonds. The summed E-state index contributed by atoms with van der Waals surface area (Å²) < 4.78 is 12.4. The fourth-order valence-corrected chi connectivity index (χ4v) is 4.98. The van der Waals surface area contributed by atoms with Crippen molar-refractivity contribution in [3.05, 3.63) is 64.1 Å². The summed E-state index contributed by atoms with van der Waals surface area (Å²) >= 11 is 3.50. The van der Waals surface area contributed by atoms with Crippen molar-refractivity contribution >= 4 is 22.0 Å². The topological polar surface area (TPSA) is 59.6 Å². The van der Waals surface area contributed by atoms with Gasteiger partial charge in [0.15, 0.2) is 0 Å². The molecule has 2 aromatic carbocycles. The second kappa shape index (κ2) is 10.5. The first-order valence-corrected chi connectivity index (χ1v) is 12.8. The molecule has 6 heteroatoms. The van der Waals surface area contributed by atoms with E-state index in [1.54, 1.807) is 0 Å². The van der Waals surface area contributed by atoms with Crippen LogP contribution in [0.2, 0.25) is 0 Å². The Hall–Kier alpha value is -2.05. The van der Waals surface area contributed by atoms with Gasteiger partial charge in [0.1, 0.15) is 18.0 Å². The maximum absolute atomic E-state index is 12.0. The molecule has 2 N–H and O–H groups in total. The van der Waals surface area contributed by atoms with Crippen LogP contribution < -0.4 is 15.4 Å². The first kappa shape index (κ1) is 24.1. The van der Waals surface area contributed by atoms with Crippen LogP contribution >= 0.6 is 15.9 Å². The zero-order valence-corrected chi connectivity index (χ0v) is 21.4. The third-order valence-electron chi connectivity index (χ3n) is 6.29. The van der Waals surface area contributed by atoms with Gasteiger partial charge in [0, 0.05) is 28.5 Å². The molecule has 0 spiro atoms. The molecular formula is C27H35BrN2O3. The van der Waals surface area contributed by atoms with Crippen molar-refractivity contribution in [3.63, 3.8) is 0 Å². The lowest BCUT2D eigenvalue weighted by Gasteiger charge is -2.30. The van der Waals surface area contributed by atoms with Crippen LogP contribution in [0, 0.1) is 0 Å². The number of nitrogens with one attached hydrogen (secondary N) is 2. The van der Waals surface area contributed by atoms with E-state index in [9.17, 15) is 4.79 Å². The van der Waals surface area contributed by atoms with Gasteiger partial charge >= 0.3 is 6.09 Å². The molecule has 0 bridgehead atoms. The standard InChI is InChI=1S/C27H35BrN2O3/c1-27(2,3)33-26(31)30-22-11-9-21(10-12-22)29-25-16-24(25)19-7-13-23(14-8-19)32-17-18-5-4-6-20(28)15-18/h4-8,13-15,21-22,24-25,29H,9-12,16-17H2,1-3H3,(H,30,31)/t21?,22?,24-,25+/m0/s1. The normalized spacial score (nSPS) is 24.7. The Bertz CT molecular complexity index is 933. The molecule has 2 aliphatic rings. The summed E-state index contributed by atoms with van der Waals surface area (Å²) in [6.07, 6.45) is 5.06. The Kier molecular flexibility index (Phi) is 7.65. The minimum atomic E-state index is -0.451. The number of hydrogen-bond acceptors (Lipinski definition) is 4. The van der Waals surface area contributed by atoms with Crippen molar-refractivity contribution < 1.29 is 14.3 Å². The van der Waals surface area contributed by atoms with Gasteiger partial charge in [-0.25, -0.2) is 4.79 Å². The summed E-state index contributed by atoms with van der Waals surface area (Å²) in [6.45, 7) is 6.25. The molecular weight excluding hydrogens is 480 g/mol. The lowest BCUT2D eigenvalue weighted by Crippen LogP contribution is -2.44. The molecule has 0 saturated heterocycles. The number of ether oxygens (including phenoxy) is 2. The predicted octanol–water partition coefficient (Wildman–Crippen LogP) is 6.31. The van der Waals surface area contributed by atoms with Crippen LogP contribution in [0.4, 0.5) is 4.79 Å². The molecule has 0 aliphatic heterocycles. The average Bonchev–Trinajstić information content (AvgIpc) is 3.52. The van der Waals surface area contributed by atoms with Crippen LogP contribution in [-0.4, -0.2) is 29.8 Å². The molecule has 0 unspecified atom stereocenters. The minimum absolute atomic E-state index is 0.220. The van der Waals surface area contributed by atoms with Crippen LogP contribution in [0.25, 0.3) is 0 Å². The predicted molar refractivity (Wildman–Crippen MR) is 135 cm³/mol. The first-order chi connectivity index (χ1) is 15.7. The lowest BCUT2D eigenvalue weighted by atomic mass is 9.91. The Morgan fingerprint density at radius 1 is 1.03 bits per heavy atom. The van der Waals surface area contributed by atoms with Gasteiger partial charge in [-0.3, -0.25) is 0 Å². The number of rotatable bonds is 7. The Labute approximate surface area is 205 Å². The summed E-state index contributed by atoms with van der Waals surface area (Å²) in [7, 11) is 0. The van der Waals surface area contributed by atoms with E-state index in [2.05, 4.69) is 63.0 Å². The van der Waals surface area contributed by atoms with Gasteiger partial charge < -0.3 is 20.1 Å². The molecule has 2 atom stereocenters. The summed E-state index contributed by atoms with van der Waals surface area (Å²) in [6, 6.07) is 18.1. The first-order valence-electron chi connectivity index (χ1n) is 12.0. The molecule has 4 rings (SSSR count). The highest BCUT2D eigenvalue weighted by molar-refractivity contribution is 9.10. The number of hydrogen-bond donors (Lipinski definition) is 2. The molecule has 33 heavy (non-hydrogen) atoms. The van der Waals surface area contributed by atoms with E-state index in [1.165, 1.54) is 12.0 Å². The molecule has 2 fully saturated rings. The number of carbonyl (C=O) groups excluding carboxylic acids is 1. The van der Waals surface area contributed by atoms with Crippen molar-refractivity contribution in [1.82, 2.24) is 10.6 Å². The number of benzene rings is 2. The summed E-state index contributed by atoms with van der Waals surface area (Å²) in [5.74, 6) is 1.49. The SMILES string of the molecule is CC(C)(C)OC(=O)NC1CCC(N[C@@H]2C[C@H]2c2ccc(OCc3cccc(Br)c3)cc2)CC1. The van der Waals surface area contributed by atoms with Gasteiger partial charge in [-0.05, 0) is 88.3 Å². The average molecular weight is 515 g/mol. The molecule has 178 valence electrons. The molecule has 2 saturated carbocycles. The molecule has 2 aromatic rings. The largest absolute Gasteiger partial charge is 0.489 e. The fraction of sp³-hybridized carbons (Fsp3) is 0.519. The maximum atomic E-state index is 12.0. The van der Waals surface area contributed by atoms with Crippen LogP contribution in [0.3, 0.4) is 0 Å². The molecule has 2 aliphatic carbocycles. The second-order valence-electron chi connectivity index (χ2n) is 10.3. The minimum Gasteiger partial charge on any atom is -0.489 e. The van der Waals surface area contributed by atoms with E-state index < -0.39 is 5.60 Å². The molecule has 0 aromatic heterocycles. The highest BCUT2D eigenvalue weighted by Gasteiger charge is 2.40. The zero-order valence-electron chi connectivity index (χ0n) is 19.8. The molecule has 0 radical (unpaired) electrons. The Morgan fingerprint density at radius 3 is 2.39 bits per heavy atom. The van der Waals surface area contributed by atoms with Crippen molar-refractivity contribution in [1.29, 1.82) is 0 Å². The molecule has 5 nitrogen and oxygen atoms in total. The van der Waals surface area contributed by atoms with Crippen LogP contribution in [0.5, 0.6) is 5.75 Å². The monoisotopic (exact) mass is 514 g/mol. The van der Waals surface area contributed by atoms with Gasteiger partial charge in [0.2, 0.25) is 0 Å². The van der Waals surface area contributed by atoms with Gasteiger partial charge in [0.25, 0.3) is 0 Å². The highest BCUT2D eigenvalue weighted by Crippen LogP contribution is 2.42. The van der Waals surface area contributed by atoms with E-state index >= 15 is 0 Å². The summed E-state index contributed by atoms with van der Waals surface area (Å²) in [5, 5.41) is 6.87. The van der Waals surface area contributed by atoms with E-state index in [-0.39, 0.29) is 12.1 Å². The van der Waals surface area contributed by atoms with Crippen molar-refractivity contribution in [2.24, 2.45) is 0 Å². The van der Waals surface area contributed by atoms with Crippen LogP contribution in [0.1, 0.15) is 69.9 Å². The summed E-state index contributed by atoms with van der Waals surface area (Å²) in [5.41, 5.74) is 2.08. The van der Waals surface area contributed by atoms with Crippen molar-refractivity contribution in [3.8, 4) is 5.75 Å². The van der Waals surface area contributed by atoms with E-state index in [4.69, 9.17) is 9.47 Å². The number of halogens is 1. The van der Waals surface area contributed by atoms with Crippen LogP contribution in [0.15, 0.2) is 53.0 Å². The van der Waals surface area contributed by atoms with Crippen molar-refractivity contribution in [2.45, 2.75) is 89.1 Å². The number of amides is 1. The lowest BCUT2D eigenvalue weighted by molar-refractivity contribution is 0.0489. The highest BCUT2D eigenvalue weighted by atomic mass is 79.9. The van der Waals surface area contributed by atoms with E-state index in [0.29, 0.717) is 24.6 Å². The summed E-state index contributed by atoms with van der Waals surface area (Å²) in [4.78, 5) is 12.0. The van der Waals surface area contributed by atoms with E-state index in [0.717, 1.165) is 41.5 Å². The molecule has 0 heterocycles. The fourth-order valence-electron chi connectivity index (χ4n) is 4.53. The second-order valence-corrected chi connectivity index (χ2v) is 11.2. The third-order valence-corrected chi connectivity index (χ3v) is 6.78. The Morgan fingerprint density at radius 2 is 1.73 bits per heavy atom. The van der Waals surface area contributed by atoms with E-state index in [1.807, 2.05) is 32.9 Å². The number of carbonyl (C=O) groups is 1.